The number of hydrogen-bond donors (Lipinski definition) is 3. The standard InChI is InChI=1S/C14H15FN4O/c1-8-11(7-17-19-8)14(20)18-12-3-2-9-6-16-5-4-10(9)13(12)15/h2-3,7,16H,4-6H2,1H3,(H,17,19)(H,18,20). The predicted octanol–water partition coefficient (Wildman–Crippen LogP) is 1.76. The van der Waals surface area contributed by atoms with Crippen molar-refractivity contribution in [2.45, 2.75) is 19.9 Å². The number of anilines is 1. The number of amides is 1. The molecule has 0 radical (unpaired) electrons. The Hall–Kier alpha value is -2.21. The van der Waals surface area contributed by atoms with Gasteiger partial charge in [-0.1, -0.05) is 6.07 Å². The molecule has 1 aromatic heterocycles. The molecular formula is C14H15FN4O. The van der Waals surface area contributed by atoms with Gasteiger partial charge in [-0.15, -0.1) is 0 Å². The van der Waals surface area contributed by atoms with E-state index >= 15 is 0 Å². The first-order valence-corrected chi connectivity index (χ1v) is 6.49. The number of nitrogens with one attached hydrogen (secondary N) is 3. The van der Waals surface area contributed by atoms with Crippen molar-refractivity contribution in [3.05, 3.63) is 46.5 Å². The molecule has 0 spiro atoms. The number of carbonyl (C=O) groups excluding carboxylic acids is 1. The fourth-order valence-corrected chi connectivity index (χ4v) is 2.40. The lowest BCUT2D eigenvalue weighted by Gasteiger charge is -2.19. The topological polar surface area (TPSA) is 69.8 Å². The Bertz CT molecular complexity index is 665. The number of nitrogens with zero attached hydrogens (tertiary/aromatic N) is 1. The Morgan fingerprint density at radius 1 is 1.45 bits per heavy atom. The molecule has 104 valence electrons. The summed E-state index contributed by atoms with van der Waals surface area (Å²) in [6.45, 7) is 3.17. The number of H-pyrrole nitrogens is 1. The largest absolute Gasteiger partial charge is 0.319 e. The predicted molar refractivity (Wildman–Crippen MR) is 73.1 cm³/mol. The normalized spacial score (nSPS) is 13.9. The van der Waals surface area contributed by atoms with E-state index in [4.69, 9.17) is 0 Å². The van der Waals surface area contributed by atoms with Gasteiger partial charge in [0.15, 0.2) is 0 Å². The average molecular weight is 274 g/mol. The Balaban J connectivity index is 1.88. The molecule has 2 heterocycles. The Morgan fingerprint density at radius 2 is 2.30 bits per heavy atom. The lowest BCUT2D eigenvalue weighted by Crippen LogP contribution is -2.25. The molecule has 6 heteroatoms. The molecule has 0 bridgehead atoms. The number of halogens is 1. The van der Waals surface area contributed by atoms with E-state index in [1.165, 1.54) is 6.20 Å². The number of hydrogen-bond acceptors (Lipinski definition) is 3. The first-order chi connectivity index (χ1) is 9.66. The highest BCUT2D eigenvalue weighted by molar-refractivity contribution is 6.04. The molecule has 0 atom stereocenters. The molecule has 0 unspecified atom stereocenters. The summed E-state index contributed by atoms with van der Waals surface area (Å²) in [6, 6.07) is 3.46. The van der Waals surface area contributed by atoms with Crippen molar-refractivity contribution in [2.24, 2.45) is 0 Å². The second-order valence-electron chi connectivity index (χ2n) is 4.85. The maximum absolute atomic E-state index is 14.4. The maximum atomic E-state index is 14.4. The van der Waals surface area contributed by atoms with Crippen LogP contribution in [-0.4, -0.2) is 22.6 Å². The van der Waals surface area contributed by atoms with Gasteiger partial charge < -0.3 is 10.6 Å². The highest BCUT2D eigenvalue weighted by Crippen LogP contribution is 2.25. The molecule has 5 nitrogen and oxygen atoms in total. The molecule has 3 N–H and O–H groups in total. The van der Waals surface area contributed by atoms with E-state index in [2.05, 4.69) is 20.8 Å². The zero-order valence-corrected chi connectivity index (χ0v) is 11.1. The first-order valence-electron chi connectivity index (χ1n) is 6.49. The van der Waals surface area contributed by atoms with E-state index in [0.717, 1.165) is 12.1 Å². The van der Waals surface area contributed by atoms with Crippen molar-refractivity contribution < 1.29 is 9.18 Å². The zero-order chi connectivity index (χ0) is 14.1. The van der Waals surface area contributed by atoms with Gasteiger partial charge in [-0.05, 0) is 37.1 Å². The van der Waals surface area contributed by atoms with Gasteiger partial charge in [0.1, 0.15) is 5.82 Å². The van der Waals surface area contributed by atoms with Gasteiger partial charge in [0.2, 0.25) is 0 Å². The highest BCUT2D eigenvalue weighted by Gasteiger charge is 2.18. The molecule has 1 aromatic carbocycles. The summed E-state index contributed by atoms with van der Waals surface area (Å²) in [5.74, 6) is -0.692. The summed E-state index contributed by atoms with van der Waals surface area (Å²) in [5, 5.41) is 12.3. The van der Waals surface area contributed by atoms with Crippen LogP contribution in [0.25, 0.3) is 0 Å². The number of aromatic amines is 1. The first kappa shape index (κ1) is 12.8. The number of aromatic nitrogens is 2. The molecule has 0 fully saturated rings. The Labute approximate surface area is 115 Å². The van der Waals surface area contributed by atoms with Gasteiger partial charge in [0.25, 0.3) is 5.91 Å². The smallest absolute Gasteiger partial charge is 0.259 e. The number of rotatable bonds is 2. The third kappa shape index (κ3) is 2.18. The molecule has 20 heavy (non-hydrogen) atoms. The second kappa shape index (κ2) is 5.05. The monoisotopic (exact) mass is 274 g/mol. The van der Waals surface area contributed by atoms with Crippen LogP contribution in [0.4, 0.5) is 10.1 Å². The number of benzene rings is 1. The van der Waals surface area contributed by atoms with Crippen molar-refractivity contribution in [1.82, 2.24) is 15.5 Å². The zero-order valence-electron chi connectivity index (χ0n) is 11.1. The third-order valence-electron chi connectivity index (χ3n) is 3.53. The van der Waals surface area contributed by atoms with Crippen LogP contribution in [0.3, 0.4) is 0 Å². The van der Waals surface area contributed by atoms with Crippen molar-refractivity contribution in [3.8, 4) is 0 Å². The fraction of sp³-hybridized carbons (Fsp3) is 0.286. The van der Waals surface area contributed by atoms with Crippen molar-refractivity contribution in [3.63, 3.8) is 0 Å². The molecule has 0 aliphatic carbocycles. The summed E-state index contributed by atoms with van der Waals surface area (Å²) >= 11 is 0. The minimum atomic E-state index is -0.357. The molecular weight excluding hydrogens is 259 g/mol. The van der Waals surface area contributed by atoms with Crippen LogP contribution in [0.1, 0.15) is 27.2 Å². The van der Waals surface area contributed by atoms with E-state index in [0.29, 0.717) is 29.8 Å². The summed E-state index contributed by atoms with van der Waals surface area (Å²) in [7, 11) is 0. The summed E-state index contributed by atoms with van der Waals surface area (Å²) < 4.78 is 14.4. The minimum absolute atomic E-state index is 0.219. The molecule has 1 aliphatic rings. The quantitative estimate of drug-likeness (QED) is 0.781. The van der Waals surface area contributed by atoms with Crippen molar-refractivity contribution >= 4 is 11.6 Å². The fourth-order valence-electron chi connectivity index (χ4n) is 2.40. The van der Waals surface area contributed by atoms with Gasteiger partial charge in [-0.2, -0.15) is 5.10 Å². The highest BCUT2D eigenvalue weighted by atomic mass is 19.1. The second-order valence-corrected chi connectivity index (χ2v) is 4.85. The molecule has 0 saturated carbocycles. The van der Waals surface area contributed by atoms with Gasteiger partial charge in [-0.25, -0.2) is 4.39 Å². The number of fused-ring (bicyclic) bond motifs is 1. The minimum Gasteiger partial charge on any atom is -0.319 e. The van der Waals surface area contributed by atoms with Crippen LogP contribution in [0.15, 0.2) is 18.3 Å². The van der Waals surface area contributed by atoms with Crippen LogP contribution in [0.2, 0.25) is 0 Å². The van der Waals surface area contributed by atoms with E-state index in [1.54, 1.807) is 13.0 Å². The lowest BCUT2D eigenvalue weighted by molar-refractivity contribution is 0.102. The summed E-state index contributed by atoms with van der Waals surface area (Å²) in [5.41, 5.74) is 2.93. The van der Waals surface area contributed by atoms with E-state index in [9.17, 15) is 9.18 Å². The van der Waals surface area contributed by atoms with E-state index < -0.39 is 0 Å². The molecule has 3 rings (SSSR count). The molecule has 2 aromatic rings. The molecule has 1 aliphatic heterocycles. The van der Waals surface area contributed by atoms with Crippen LogP contribution in [0.5, 0.6) is 0 Å². The molecule has 0 saturated heterocycles. The van der Waals surface area contributed by atoms with Crippen LogP contribution < -0.4 is 10.6 Å². The average Bonchev–Trinajstić information content (AvgIpc) is 2.88. The van der Waals surface area contributed by atoms with Crippen LogP contribution >= 0.6 is 0 Å². The van der Waals surface area contributed by atoms with Crippen LogP contribution in [0, 0.1) is 12.7 Å². The lowest BCUT2D eigenvalue weighted by atomic mass is 9.99. The van der Waals surface area contributed by atoms with Gasteiger partial charge in [0, 0.05) is 12.2 Å². The SMILES string of the molecule is Cc1[nH]ncc1C(=O)Nc1ccc2c(c1F)CCNC2. The molecule has 1 amide bonds. The van der Waals surface area contributed by atoms with Gasteiger partial charge in [-0.3, -0.25) is 9.89 Å². The Morgan fingerprint density at radius 3 is 3.05 bits per heavy atom. The van der Waals surface area contributed by atoms with Crippen molar-refractivity contribution in [2.75, 3.05) is 11.9 Å². The van der Waals surface area contributed by atoms with Crippen molar-refractivity contribution in [1.29, 1.82) is 0 Å². The number of carbonyl (C=O) groups is 1. The number of aryl methyl sites for hydroxylation is 1. The third-order valence-corrected chi connectivity index (χ3v) is 3.53. The van der Waals surface area contributed by atoms with Gasteiger partial charge >= 0.3 is 0 Å². The summed E-state index contributed by atoms with van der Waals surface area (Å²) in [6.07, 6.45) is 2.07. The van der Waals surface area contributed by atoms with Gasteiger partial charge in [0.05, 0.1) is 17.4 Å². The maximum Gasteiger partial charge on any atom is 0.259 e. The van der Waals surface area contributed by atoms with E-state index in [-0.39, 0.29) is 17.4 Å². The van der Waals surface area contributed by atoms with Crippen LogP contribution in [-0.2, 0) is 13.0 Å². The van der Waals surface area contributed by atoms with E-state index in [1.807, 2.05) is 6.07 Å². The Kier molecular flexibility index (Phi) is 3.23. The summed E-state index contributed by atoms with van der Waals surface area (Å²) in [4.78, 5) is 12.1.